The summed E-state index contributed by atoms with van der Waals surface area (Å²) in [5.74, 6) is 0. The average molecular weight is 357 g/mol. The van der Waals surface area contributed by atoms with E-state index in [0.29, 0.717) is 5.56 Å². The lowest BCUT2D eigenvalue weighted by molar-refractivity contribution is 0.0185. The number of rotatable bonds is 6. The Morgan fingerprint density at radius 1 is 1.12 bits per heavy atom. The molecular weight excluding hydrogens is 338 g/mol. The highest BCUT2D eigenvalue weighted by molar-refractivity contribution is 7.17. The number of carbonyl (C=O) groups is 1. The normalized spacial score (nSPS) is 13.4. The highest BCUT2D eigenvalue weighted by atomic mass is 32.1. The second-order valence-electron chi connectivity index (χ2n) is 5.67. The third kappa shape index (κ3) is 4.57. The molecule has 130 valence electrons. The summed E-state index contributed by atoms with van der Waals surface area (Å²) in [5.41, 5.74) is 1.49. The number of thiophene rings is 1. The maximum Gasteiger partial charge on any atom is 0.407 e. The van der Waals surface area contributed by atoms with Crippen molar-refractivity contribution in [2.45, 2.75) is 18.8 Å². The van der Waals surface area contributed by atoms with Crippen molar-refractivity contribution in [3.8, 4) is 0 Å². The van der Waals surface area contributed by atoms with Gasteiger partial charge in [-0.15, -0.1) is 11.3 Å². The lowest BCUT2D eigenvalue weighted by atomic mass is 10.0. The van der Waals surface area contributed by atoms with Crippen LogP contribution in [-0.2, 0) is 11.3 Å². The van der Waals surface area contributed by atoms with Crippen LogP contribution in [0.5, 0.6) is 0 Å². The van der Waals surface area contributed by atoms with Gasteiger partial charge in [0.25, 0.3) is 0 Å². The number of fused-ring (bicyclic) bond motifs is 1. The van der Waals surface area contributed by atoms with Crippen molar-refractivity contribution in [2.75, 3.05) is 6.54 Å². The molecule has 5 nitrogen and oxygen atoms in total. The minimum Gasteiger partial charge on any atom is -0.445 e. The zero-order valence-corrected chi connectivity index (χ0v) is 14.3. The number of hydrogen-bond donors (Lipinski definition) is 3. The Kier molecular flexibility index (Phi) is 5.65. The first-order chi connectivity index (χ1) is 12.1. The summed E-state index contributed by atoms with van der Waals surface area (Å²) < 4.78 is 6.11. The molecule has 1 heterocycles. The summed E-state index contributed by atoms with van der Waals surface area (Å²) >= 11 is 1.57. The molecule has 0 aliphatic carbocycles. The highest BCUT2D eigenvalue weighted by Crippen LogP contribution is 2.26. The molecular formula is C19H19NO4S. The molecule has 3 aromatic rings. The number of ether oxygens (including phenoxy) is 1. The van der Waals surface area contributed by atoms with Gasteiger partial charge in [0.1, 0.15) is 18.8 Å². The van der Waals surface area contributed by atoms with Gasteiger partial charge < -0.3 is 20.3 Å². The molecule has 3 N–H and O–H groups in total. The van der Waals surface area contributed by atoms with Crippen molar-refractivity contribution in [3.05, 3.63) is 71.1 Å². The van der Waals surface area contributed by atoms with Crippen LogP contribution < -0.4 is 5.32 Å². The first kappa shape index (κ1) is 17.4. The van der Waals surface area contributed by atoms with E-state index in [1.807, 2.05) is 53.9 Å². The largest absolute Gasteiger partial charge is 0.445 e. The summed E-state index contributed by atoms with van der Waals surface area (Å²) in [6.45, 7) is 0.0532. The van der Waals surface area contributed by atoms with Gasteiger partial charge in [-0.25, -0.2) is 4.79 Å². The first-order valence-electron chi connectivity index (χ1n) is 7.91. The van der Waals surface area contributed by atoms with Gasteiger partial charge in [0.05, 0.1) is 0 Å². The van der Waals surface area contributed by atoms with Gasteiger partial charge in [-0.1, -0.05) is 42.5 Å². The standard InChI is InChI=1S/C19H19NO4S/c21-16(11-20-19(23)24-12-13-4-2-1-3-5-13)18(22)15-7-6-14-8-9-25-17(14)10-15/h1-10,16,18,21-22H,11-12H2,(H,20,23). The SMILES string of the molecule is O=C(NCC(O)C(O)c1ccc2ccsc2c1)OCc1ccccc1. The predicted octanol–water partition coefficient (Wildman–Crippen LogP) is 3.22. The molecule has 0 saturated heterocycles. The Morgan fingerprint density at radius 2 is 1.92 bits per heavy atom. The summed E-state index contributed by atoms with van der Waals surface area (Å²) in [4.78, 5) is 11.7. The van der Waals surface area contributed by atoms with Crippen molar-refractivity contribution in [2.24, 2.45) is 0 Å². The van der Waals surface area contributed by atoms with Gasteiger partial charge in [0, 0.05) is 11.2 Å². The minimum absolute atomic E-state index is 0.0999. The lowest BCUT2D eigenvalue weighted by Crippen LogP contribution is -2.35. The molecule has 1 aromatic heterocycles. The minimum atomic E-state index is -1.12. The van der Waals surface area contributed by atoms with Gasteiger partial charge >= 0.3 is 6.09 Å². The average Bonchev–Trinajstić information content (AvgIpc) is 3.12. The van der Waals surface area contributed by atoms with Crippen molar-refractivity contribution in [3.63, 3.8) is 0 Å². The molecule has 0 aliphatic rings. The van der Waals surface area contributed by atoms with Crippen LogP contribution >= 0.6 is 11.3 Å². The maximum absolute atomic E-state index is 11.7. The molecule has 2 aromatic carbocycles. The first-order valence-corrected chi connectivity index (χ1v) is 8.79. The second kappa shape index (κ2) is 8.11. The molecule has 2 atom stereocenters. The monoisotopic (exact) mass is 357 g/mol. The number of carbonyl (C=O) groups excluding carboxylic acids is 1. The summed E-state index contributed by atoms with van der Waals surface area (Å²) in [6, 6.07) is 16.8. The molecule has 0 aliphatic heterocycles. The molecule has 1 amide bonds. The lowest BCUT2D eigenvalue weighted by Gasteiger charge is -2.18. The van der Waals surface area contributed by atoms with Gasteiger partial charge in [0.15, 0.2) is 0 Å². The number of alkyl carbamates (subject to hydrolysis) is 1. The quantitative estimate of drug-likeness (QED) is 0.633. The van der Waals surface area contributed by atoms with Gasteiger partial charge in [-0.2, -0.15) is 0 Å². The van der Waals surface area contributed by atoms with Crippen LogP contribution in [0.15, 0.2) is 60.0 Å². The van der Waals surface area contributed by atoms with Gasteiger partial charge in [-0.05, 0) is 34.0 Å². The van der Waals surface area contributed by atoms with E-state index >= 15 is 0 Å². The van der Waals surface area contributed by atoms with Crippen LogP contribution in [0.3, 0.4) is 0 Å². The number of hydrogen-bond acceptors (Lipinski definition) is 5. The molecule has 6 heteroatoms. The Hall–Kier alpha value is -2.41. The van der Waals surface area contributed by atoms with Crippen LogP contribution in [0.2, 0.25) is 0 Å². The second-order valence-corrected chi connectivity index (χ2v) is 6.62. The van der Waals surface area contributed by atoms with E-state index in [-0.39, 0.29) is 13.2 Å². The predicted molar refractivity (Wildman–Crippen MR) is 97.4 cm³/mol. The van der Waals surface area contributed by atoms with Crippen LogP contribution in [0.25, 0.3) is 10.1 Å². The summed E-state index contributed by atoms with van der Waals surface area (Å²) in [6.07, 6.45) is -2.84. The van der Waals surface area contributed by atoms with Crippen molar-refractivity contribution in [1.82, 2.24) is 5.32 Å². The van der Waals surface area contributed by atoms with Crippen molar-refractivity contribution in [1.29, 1.82) is 0 Å². The smallest absolute Gasteiger partial charge is 0.407 e. The van der Waals surface area contributed by atoms with E-state index in [0.717, 1.165) is 15.6 Å². The third-order valence-corrected chi connectivity index (χ3v) is 4.73. The van der Waals surface area contributed by atoms with E-state index in [9.17, 15) is 15.0 Å². The van der Waals surface area contributed by atoms with Crippen LogP contribution in [-0.4, -0.2) is 29.0 Å². The fraction of sp³-hybridized carbons (Fsp3) is 0.211. The van der Waals surface area contributed by atoms with Gasteiger partial charge in [-0.3, -0.25) is 0 Å². The molecule has 3 rings (SSSR count). The van der Waals surface area contributed by atoms with Gasteiger partial charge in [0.2, 0.25) is 0 Å². The number of nitrogens with one attached hydrogen (secondary N) is 1. The Bertz CT molecular complexity index is 834. The fourth-order valence-electron chi connectivity index (χ4n) is 2.45. The summed E-state index contributed by atoms with van der Waals surface area (Å²) in [5, 5.41) is 25.9. The van der Waals surface area contributed by atoms with E-state index in [1.165, 1.54) is 0 Å². The third-order valence-electron chi connectivity index (χ3n) is 3.85. The zero-order valence-electron chi connectivity index (χ0n) is 13.5. The van der Waals surface area contributed by atoms with Crippen LogP contribution in [0, 0.1) is 0 Å². The number of benzene rings is 2. The molecule has 0 bridgehead atoms. The van der Waals surface area contributed by atoms with Crippen molar-refractivity contribution < 1.29 is 19.7 Å². The Labute approximate surface area is 149 Å². The Morgan fingerprint density at radius 3 is 2.72 bits per heavy atom. The van der Waals surface area contributed by atoms with Crippen molar-refractivity contribution >= 4 is 27.5 Å². The number of aliphatic hydroxyl groups is 2. The number of aliphatic hydroxyl groups excluding tert-OH is 2. The molecule has 2 unspecified atom stereocenters. The van der Waals surface area contributed by atoms with E-state index in [2.05, 4.69) is 5.32 Å². The van der Waals surface area contributed by atoms with Crippen LogP contribution in [0.4, 0.5) is 4.79 Å². The zero-order chi connectivity index (χ0) is 17.6. The number of amides is 1. The molecule has 25 heavy (non-hydrogen) atoms. The molecule has 0 saturated carbocycles. The summed E-state index contributed by atoms with van der Waals surface area (Å²) in [7, 11) is 0. The molecule has 0 radical (unpaired) electrons. The fourth-order valence-corrected chi connectivity index (χ4v) is 3.29. The van der Waals surface area contributed by atoms with E-state index in [1.54, 1.807) is 17.4 Å². The maximum atomic E-state index is 11.7. The topological polar surface area (TPSA) is 78.8 Å². The van der Waals surface area contributed by atoms with Crippen LogP contribution in [0.1, 0.15) is 17.2 Å². The molecule has 0 spiro atoms. The molecule has 0 fully saturated rings. The Balaban J connectivity index is 1.49. The highest BCUT2D eigenvalue weighted by Gasteiger charge is 2.19. The van der Waals surface area contributed by atoms with E-state index < -0.39 is 18.3 Å². The van der Waals surface area contributed by atoms with E-state index in [4.69, 9.17) is 4.74 Å².